The number of pyridine rings is 1. The summed E-state index contributed by atoms with van der Waals surface area (Å²) in [6.07, 6.45) is 4.71. The highest BCUT2D eigenvalue weighted by Crippen LogP contribution is 2.27. The van der Waals surface area contributed by atoms with Gasteiger partial charge in [0.15, 0.2) is 0 Å². The molecule has 59 valence electrons. The summed E-state index contributed by atoms with van der Waals surface area (Å²) in [5, 5.41) is 2.09. The molecule has 2 rings (SSSR count). The van der Waals surface area contributed by atoms with Crippen LogP contribution in [0.15, 0.2) is 29.8 Å². The highest BCUT2D eigenvalue weighted by atomic mass is 32.1. The third-order valence-electron chi connectivity index (χ3n) is 1.72. The number of aromatic nitrogens is 1. The molecule has 0 aliphatic rings. The molecular weight excluding hydrogens is 166 g/mol. The minimum Gasteiger partial charge on any atom is -0.254 e. The van der Waals surface area contributed by atoms with E-state index in [1.54, 1.807) is 17.5 Å². The van der Waals surface area contributed by atoms with Gasteiger partial charge in [0.1, 0.15) is 0 Å². The summed E-state index contributed by atoms with van der Waals surface area (Å²) in [4.78, 5) is 5.23. The third-order valence-corrected chi connectivity index (χ3v) is 2.76. The van der Waals surface area contributed by atoms with Crippen LogP contribution in [0.1, 0.15) is 5.56 Å². The smallest absolute Gasteiger partial charge is 0.0979 e. The van der Waals surface area contributed by atoms with E-state index in [0.717, 1.165) is 5.56 Å². The van der Waals surface area contributed by atoms with Crippen LogP contribution >= 0.6 is 11.3 Å². The molecule has 0 unspecified atom stereocenters. The predicted octanol–water partition coefficient (Wildman–Crippen LogP) is 2.92. The van der Waals surface area contributed by atoms with Crippen molar-refractivity contribution in [3.05, 3.63) is 41.5 Å². The Bertz CT molecular complexity index is 364. The molecule has 0 atom stereocenters. The fourth-order valence-corrected chi connectivity index (χ4v) is 2.00. The van der Waals surface area contributed by atoms with Crippen LogP contribution in [0.2, 0.25) is 0 Å². The minimum absolute atomic E-state index is 1.09. The summed E-state index contributed by atoms with van der Waals surface area (Å²) in [5.74, 6) is 0. The molecular formula is C10H8NS. The van der Waals surface area contributed by atoms with Crippen LogP contribution in [0, 0.1) is 13.1 Å². The molecule has 0 saturated heterocycles. The van der Waals surface area contributed by atoms with Crippen LogP contribution in [-0.2, 0) is 0 Å². The van der Waals surface area contributed by atoms with Crippen molar-refractivity contribution in [1.82, 2.24) is 4.98 Å². The lowest BCUT2D eigenvalue weighted by molar-refractivity contribution is 1.31. The van der Waals surface area contributed by atoms with E-state index in [1.807, 2.05) is 12.1 Å². The lowest BCUT2D eigenvalue weighted by atomic mass is 10.2. The fraction of sp³-hybridized carbons (Fsp3) is 0.100. The average molecular weight is 174 g/mol. The van der Waals surface area contributed by atoms with Crippen molar-refractivity contribution in [2.45, 2.75) is 6.92 Å². The van der Waals surface area contributed by atoms with Gasteiger partial charge in [-0.2, -0.15) is 0 Å². The van der Waals surface area contributed by atoms with Crippen LogP contribution in [-0.4, -0.2) is 4.98 Å². The van der Waals surface area contributed by atoms with Crippen LogP contribution in [0.4, 0.5) is 0 Å². The molecule has 0 N–H and O–H groups in total. The van der Waals surface area contributed by atoms with E-state index in [-0.39, 0.29) is 0 Å². The van der Waals surface area contributed by atoms with Gasteiger partial charge in [-0.1, -0.05) is 0 Å². The lowest BCUT2D eigenvalue weighted by Crippen LogP contribution is -1.77. The number of thiophene rings is 1. The van der Waals surface area contributed by atoms with Gasteiger partial charge < -0.3 is 0 Å². The van der Waals surface area contributed by atoms with E-state index in [4.69, 9.17) is 0 Å². The first-order chi connectivity index (χ1) is 5.88. The Labute approximate surface area is 75.7 Å². The normalized spacial score (nSPS) is 10.1. The third kappa shape index (κ3) is 1.25. The van der Waals surface area contributed by atoms with Gasteiger partial charge in [-0.3, -0.25) is 4.98 Å². The van der Waals surface area contributed by atoms with Crippen LogP contribution in [0.3, 0.4) is 0 Å². The van der Waals surface area contributed by atoms with E-state index >= 15 is 0 Å². The van der Waals surface area contributed by atoms with E-state index in [0.29, 0.717) is 0 Å². The maximum atomic E-state index is 3.96. The summed E-state index contributed by atoms with van der Waals surface area (Å²) in [5.41, 5.74) is 2.38. The molecule has 2 heterocycles. The maximum absolute atomic E-state index is 3.96. The van der Waals surface area contributed by atoms with Crippen LogP contribution in [0.5, 0.6) is 0 Å². The fourth-order valence-electron chi connectivity index (χ4n) is 1.10. The SMILES string of the molecule is Cc1ccsc1-c1[c]nccc1. The van der Waals surface area contributed by atoms with Crippen molar-refractivity contribution >= 4 is 11.3 Å². The topological polar surface area (TPSA) is 12.9 Å². The summed E-state index contributed by atoms with van der Waals surface area (Å²) < 4.78 is 0. The Morgan fingerprint density at radius 3 is 2.92 bits per heavy atom. The molecule has 0 spiro atoms. The standard InChI is InChI=1S/C10H8NS/c1-8-4-6-12-10(8)9-3-2-5-11-7-9/h2-6H,1H3. The van der Waals surface area contributed by atoms with Gasteiger partial charge >= 0.3 is 0 Å². The molecule has 1 radical (unpaired) electrons. The molecule has 12 heavy (non-hydrogen) atoms. The zero-order valence-corrected chi connectivity index (χ0v) is 7.56. The number of rotatable bonds is 1. The molecule has 0 aliphatic heterocycles. The van der Waals surface area contributed by atoms with Gasteiger partial charge in [-0.15, -0.1) is 11.3 Å². The monoisotopic (exact) mass is 174 g/mol. The lowest BCUT2D eigenvalue weighted by Gasteiger charge is -1.95. The molecule has 0 fully saturated rings. The van der Waals surface area contributed by atoms with Gasteiger partial charge in [0.05, 0.1) is 6.20 Å². The molecule has 0 bridgehead atoms. The second-order valence-corrected chi connectivity index (χ2v) is 3.51. The van der Waals surface area contributed by atoms with E-state index in [2.05, 4.69) is 29.6 Å². The molecule has 0 amide bonds. The van der Waals surface area contributed by atoms with E-state index in [1.165, 1.54) is 10.4 Å². The second-order valence-electron chi connectivity index (χ2n) is 2.60. The Kier molecular flexibility index (Phi) is 1.92. The molecule has 0 aliphatic carbocycles. The van der Waals surface area contributed by atoms with Crippen molar-refractivity contribution < 1.29 is 0 Å². The van der Waals surface area contributed by atoms with E-state index in [9.17, 15) is 0 Å². The number of nitrogens with zero attached hydrogens (tertiary/aromatic N) is 1. The molecule has 0 saturated carbocycles. The van der Waals surface area contributed by atoms with Gasteiger partial charge in [0.25, 0.3) is 0 Å². The highest BCUT2D eigenvalue weighted by Gasteiger charge is 2.01. The average Bonchev–Trinajstić information content (AvgIpc) is 2.53. The molecule has 2 heteroatoms. The van der Waals surface area contributed by atoms with Gasteiger partial charge in [-0.05, 0) is 36.1 Å². The predicted molar refractivity (Wildman–Crippen MR) is 51.1 cm³/mol. The van der Waals surface area contributed by atoms with E-state index < -0.39 is 0 Å². The zero-order chi connectivity index (χ0) is 8.39. The van der Waals surface area contributed by atoms with Crippen molar-refractivity contribution in [2.75, 3.05) is 0 Å². The van der Waals surface area contributed by atoms with Gasteiger partial charge in [0.2, 0.25) is 0 Å². The first-order valence-electron chi connectivity index (χ1n) is 3.75. The molecule has 2 aromatic rings. The molecule has 0 aromatic carbocycles. The summed E-state index contributed by atoms with van der Waals surface area (Å²) >= 11 is 1.73. The number of hydrogen-bond acceptors (Lipinski definition) is 2. The first kappa shape index (κ1) is 7.50. The minimum atomic E-state index is 1.09. The van der Waals surface area contributed by atoms with Gasteiger partial charge in [0, 0.05) is 16.6 Å². The zero-order valence-electron chi connectivity index (χ0n) is 6.74. The summed E-state index contributed by atoms with van der Waals surface area (Å²) in [6, 6.07) is 6.08. The Hall–Kier alpha value is -1.15. The summed E-state index contributed by atoms with van der Waals surface area (Å²) in [6.45, 7) is 2.10. The number of hydrogen-bond donors (Lipinski definition) is 0. The van der Waals surface area contributed by atoms with Crippen LogP contribution in [0.25, 0.3) is 10.4 Å². The molecule has 1 nitrogen and oxygen atoms in total. The highest BCUT2D eigenvalue weighted by molar-refractivity contribution is 7.13. The second kappa shape index (κ2) is 3.07. The van der Waals surface area contributed by atoms with Crippen molar-refractivity contribution in [3.63, 3.8) is 0 Å². The van der Waals surface area contributed by atoms with Crippen molar-refractivity contribution in [1.29, 1.82) is 0 Å². The quantitative estimate of drug-likeness (QED) is 0.647. The largest absolute Gasteiger partial charge is 0.254 e. The Morgan fingerprint density at radius 1 is 1.42 bits per heavy atom. The Balaban J connectivity index is 2.51. The van der Waals surface area contributed by atoms with Crippen LogP contribution < -0.4 is 0 Å². The summed E-state index contributed by atoms with van der Waals surface area (Å²) in [7, 11) is 0. The maximum Gasteiger partial charge on any atom is 0.0979 e. The van der Waals surface area contributed by atoms with Gasteiger partial charge in [-0.25, -0.2) is 0 Å². The Morgan fingerprint density at radius 2 is 2.33 bits per heavy atom. The number of aryl methyl sites for hydroxylation is 1. The molecule has 2 aromatic heterocycles. The van der Waals surface area contributed by atoms with Crippen molar-refractivity contribution in [3.8, 4) is 10.4 Å². The first-order valence-corrected chi connectivity index (χ1v) is 4.63. The van der Waals surface area contributed by atoms with Crippen molar-refractivity contribution in [2.24, 2.45) is 0 Å².